The van der Waals surface area contributed by atoms with Crippen LogP contribution in [0.4, 0.5) is 14.5 Å². The standard InChI is InChI=1S/C15H13BrClF2NO/c1-21-14-12(16)6-11(17)7-13(14)20-8-9-2-4-10(5-3-9)15(18)19/h2-7,15,20H,8H2,1H3. The van der Waals surface area contributed by atoms with Crippen LogP contribution in [0.1, 0.15) is 17.6 Å². The number of halogens is 4. The van der Waals surface area contributed by atoms with Crippen LogP contribution in [0.3, 0.4) is 0 Å². The molecular formula is C15H13BrClF2NO. The van der Waals surface area contributed by atoms with E-state index in [1.54, 1.807) is 31.4 Å². The maximum Gasteiger partial charge on any atom is 0.263 e. The SMILES string of the molecule is COc1c(Br)cc(Cl)cc1NCc1ccc(C(F)F)cc1. The molecule has 1 N–H and O–H groups in total. The molecule has 2 rings (SSSR count). The fraction of sp³-hybridized carbons (Fsp3) is 0.200. The van der Waals surface area contributed by atoms with E-state index in [4.69, 9.17) is 16.3 Å². The van der Waals surface area contributed by atoms with E-state index in [1.165, 1.54) is 12.1 Å². The lowest BCUT2D eigenvalue weighted by Gasteiger charge is -2.13. The summed E-state index contributed by atoms with van der Waals surface area (Å²) < 4.78 is 31.0. The van der Waals surface area contributed by atoms with Crippen molar-refractivity contribution >= 4 is 33.2 Å². The third-order valence-electron chi connectivity index (χ3n) is 2.93. The molecule has 2 aromatic rings. The zero-order valence-electron chi connectivity index (χ0n) is 11.2. The zero-order valence-corrected chi connectivity index (χ0v) is 13.5. The molecule has 0 aromatic heterocycles. The molecule has 0 spiro atoms. The first kappa shape index (κ1) is 16.0. The average Bonchev–Trinajstić information content (AvgIpc) is 2.45. The van der Waals surface area contributed by atoms with Gasteiger partial charge >= 0.3 is 0 Å². The van der Waals surface area contributed by atoms with Crippen LogP contribution in [0.2, 0.25) is 5.02 Å². The summed E-state index contributed by atoms with van der Waals surface area (Å²) in [5.74, 6) is 0.642. The fourth-order valence-corrected chi connectivity index (χ4v) is 2.85. The van der Waals surface area contributed by atoms with E-state index in [0.29, 0.717) is 17.3 Å². The van der Waals surface area contributed by atoms with Crippen LogP contribution in [-0.2, 0) is 6.54 Å². The normalized spacial score (nSPS) is 10.8. The van der Waals surface area contributed by atoms with Crippen LogP contribution >= 0.6 is 27.5 Å². The predicted octanol–water partition coefficient (Wildman–Crippen LogP) is 5.66. The molecule has 21 heavy (non-hydrogen) atoms. The van der Waals surface area contributed by atoms with E-state index in [0.717, 1.165) is 15.7 Å². The molecule has 0 heterocycles. The van der Waals surface area contributed by atoms with Crippen LogP contribution in [0.25, 0.3) is 0 Å². The number of anilines is 1. The van der Waals surface area contributed by atoms with E-state index in [1.807, 2.05) is 0 Å². The van der Waals surface area contributed by atoms with Gasteiger partial charge in [0.1, 0.15) is 0 Å². The molecule has 0 aliphatic heterocycles. The lowest BCUT2D eigenvalue weighted by atomic mass is 10.1. The van der Waals surface area contributed by atoms with Crippen molar-refractivity contribution in [2.24, 2.45) is 0 Å². The highest BCUT2D eigenvalue weighted by atomic mass is 79.9. The van der Waals surface area contributed by atoms with Crippen molar-refractivity contribution in [2.75, 3.05) is 12.4 Å². The lowest BCUT2D eigenvalue weighted by molar-refractivity contribution is 0.151. The Morgan fingerprint density at radius 2 is 1.90 bits per heavy atom. The van der Waals surface area contributed by atoms with Crippen molar-refractivity contribution in [1.82, 2.24) is 0 Å². The summed E-state index contributed by atoms with van der Waals surface area (Å²) in [7, 11) is 1.57. The first-order valence-corrected chi connectivity index (χ1v) is 7.32. The number of ether oxygens (including phenoxy) is 1. The summed E-state index contributed by atoms with van der Waals surface area (Å²) in [6.45, 7) is 0.479. The number of benzene rings is 2. The van der Waals surface area contributed by atoms with Gasteiger partial charge in [0, 0.05) is 17.1 Å². The van der Waals surface area contributed by atoms with Gasteiger partial charge < -0.3 is 10.1 Å². The smallest absolute Gasteiger partial charge is 0.263 e. The minimum absolute atomic E-state index is 0.0156. The fourth-order valence-electron chi connectivity index (χ4n) is 1.88. The number of alkyl halides is 2. The van der Waals surface area contributed by atoms with Crippen LogP contribution < -0.4 is 10.1 Å². The maximum absolute atomic E-state index is 12.5. The van der Waals surface area contributed by atoms with Crippen molar-refractivity contribution in [3.8, 4) is 5.75 Å². The molecule has 0 bridgehead atoms. The Balaban J connectivity index is 2.12. The molecule has 0 radical (unpaired) electrons. The van der Waals surface area contributed by atoms with E-state index in [-0.39, 0.29) is 5.56 Å². The van der Waals surface area contributed by atoms with Gasteiger partial charge in [0.25, 0.3) is 6.43 Å². The molecule has 0 saturated carbocycles. The van der Waals surface area contributed by atoms with Crippen molar-refractivity contribution in [2.45, 2.75) is 13.0 Å². The average molecular weight is 377 g/mol. The quantitative estimate of drug-likeness (QED) is 0.727. The Morgan fingerprint density at radius 1 is 1.24 bits per heavy atom. The van der Waals surface area contributed by atoms with E-state index in [9.17, 15) is 8.78 Å². The van der Waals surface area contributed by atoms with Crippen molar-refractivity contribution in [3.05, 3.63) is 57.0 Å². The monoisotopic (exact) mass is 375 g/mol. The minimum Gasteiger partial charge on any atom is -0.493 e. The number of nitrogens with one attached hydrogen (secondary N) is 1. The summed E-state index contributed by atoms with van der Waals surface area (Å²) in [6, 6.07) is 9.67. The highest BCUT2D eigenvalue weighted by molar-refractivity contribution is 9.10. The van der Waals surface area contributed by atoms with Gasteiger partial charge in [-0.3, -0.25) is 0 Å². The first-order chi connectivity index (χ1) is 10.0. The van der Waals surface area contributed by atoms with E-state index >= 15 is 0 Å². The topological polar surface area (TPSA) is 21.3 Å². The lowest BCUT2D eigenvalue weighted by Crippen LogP contribution is -2.02. The molecule has 6 heteroatoms. The maximum atomic E-state index is 12.5. The Bertz CT molecular complexity index is 620. The molecule has 2 nitrogen and oxygen atoms in total. The Kier molecular flexibility index (Phi) is 5.42. The molecule has 0 aliphatic carbocycles. The van der Waals surface area contributed by atoms with Crippen molar-refractivity contribution in [3.63, 3.8) is 0 Å². The molecule has 112 valence electrons. The van der Waals surface area contributed by atoms with E-state index in [2.05, 4.69) is 21.2 Å². The first-order valence-electron chi connectivity index (χ1n) is 6.15. The van der Waals surface area contributed by atoms with Gasteiger partial charge in [-0.2, -0.15) is 0 Å². The number of rotatable bonds is 5. The third kappa shape index (κ3) is 4.08. The van der Waals surface area contributed by atoms with Crippen molar-refractivity contribution < 1.29 is 13.5 Å². The molecule has 2 aromatic carbocycles. The predicted molar refractivity (Wildman–Crippen MR) is 84.4 cm³/mol. The largest absolute Gasteiger partial charge is 0.493 e. The van der Waals surface area contributed by atoms with Crippen LogP contribution in [-0.4, -0.2) is 7.11 Å². The van der Waals surface area contributed by atoms with Crippen LogP contribution in [0.5, 0.6) is 5.75 Å². The minimum atomic E-state index is -2.45. The molecule has 0 unspecified atom stereocenters. The summed E-state index contributed by atoms with van der Waals surface area (Å²) in [4.78, 5) is 0. The van der Waals surface area contributed by atoms with Gasteiger partial charge in [-0.05, 0) is 33.6 Å². The van der Waals surface area contributed by atoms with Gasteiger partial charge in [0.05, 0.1) is 17.3 Å². The van der Waals surface area contributed by atoms with Gasteiger partial charge in [-0.25, -0.2) is 8.78 Å². The summed E-state index contributed by atoms with van der Waals surface area (Å²) >= 11 is 9.38. The van der Waals surface area contributed by atoms with Crippen molar-refractivity contribution in [1.29, 1.82) is 0 Å². The molecule has 0 saturated heterocycles. The van der Waals surface area contributed by atoms with Crippen LogP contribution in [0, 0.1) is 0 Å². The van der Waals surface area contributed by atoms with E-state index < -0.39 is 6.43 Å². The van der Waals surface area contributed by atoms with Gasteiger partial charge in [0.2, 0.25) is 0 Å². The summed E-state index contributed by atoms with van der Waals surface area (Å²) in [5, 5.41) is 3.75. The van der Waals surface area contributed by atoms with Crippen LogP contribution in [0.15, 0.2) is 40.9 Å². The Hall–Kier alpha value is -1.33. The molecule has 0 atom stereocenters. The summed E-state index contributed by atoms with van der Waals surface area (Å²) in [6.07, 6.45) is -2.45. The number of hydrogen-bond acceptors (Lipinski definition) is 2. The third-order valence-corrected chi connectivity index (χ3v) is 3.73. The molecule has 0 amide bonds. The highest BCUT2D eigenvalue weighted by Crippen LogP contribution is 2.36. The number of methoxy groups -OCH3 is 1. The second kappa shape index (κ2) is 7.09. The summed E-state index contributed by atoms with van der Waals surface area (Å²) in [5.41, 5.74) is 1.63. The zero-order chi connectivity index (χ0) is 15.4. The Morgan fingerprint density at radius 3 is 2.48 bits per heavy atom. The highest BCUT2D eigenvalue weighted by Gasteiger charge is 2.10. The molecular weight excluding hydrogens is 364 g/mol. The van der Waals surface area contributed by atoms with Gasteiger partial charge in [-0.15, -0.1) is 0 Å². The molecule has 0 fully saturated rings. The second-order valence-corrected chi connectivity index (χ2v) is 5.66. The molecule has 0 aliphatic rings. The second-order valence-electron chi connectivity index (χ2n) is 4.36. The Labute approximate surface area is 135 Å². The number of hydrogen-bond donors (Lipinski definition) is 1. The van der Waals surface area contributed by atoms with Gasteiger partial charge in [0.15, 0.2) is 5.75 Å². The van der Waals surface area contributed by atoms with Gasteiger partial charge in [-0.1, -0.05) is 35.9 Å².